The quantitative estimate of drug-likeness (QED) is 0.651. The molecule has 32 heavy (non-hydrogen) atoms. The normalized spacial score (nSPS) is 25.2. The number of oxazole rings is 1. The Kier molecular flexibility index (Phi) is 5.35. The number of aromatic nitrogens is 1. The zero-order valence-corrected chi connectivity index (χ0v) is 18.8. The summed E-state index contributed by atoms with van der Waals surface area (Å²) in [7, 11) is 1.71. The summed E-state index contributed by atoms with van der Waals surface area (Å²) in [5.41, 5.74) is 0.387. The molecule has 2 heterocycles. The van der Waals surface area contributed by atoms with Gasteiger partial charge in [-0.25, -0.2) is 4.39 Å². The number of halogens is 1. The summed E-state index contributed by atoms with van der Waals surface area (Å²) in [5, 5.41) is 2.74. The maximum Gasteiger partial charge on any atom is 0.298 e. The number of fused-ring (bicyclic) bond motifs is 1. The van der Waals surface area contributed by atoms with Crippen LogP contribution in [0.3, 0.4) is 0 Å². The van der Waals surface area contributed by atoms with Crippen molar-refractivity contribution in [2.75, 3.05) is 30.4 Å². The minimum absolute atomic E-state index is 0.0976. The van der Waals surface area contributed by atoms with Crippen LogP contribution in [0.5, 0.6) is 5.75 Å². The van der Waals surface area contributed by atoms with E-state index in [1.165, 1.54) is 12.5 Å². The molecule has 1 amide bonds. The van der Waals surface area contributed by atoms with Gasteiger partial charge in [0.05, 0.1) is 19.2 Å². The van der Waals surface area contributed by atoms with Crippen molar-refractivity contribution in [2.45, 2.75) is 57.7 Å². The van der Waals surface area contributed by atoms with E-state index < -0.39 is 11.7 Å². The van der Waals surface area contributed by atoms with E-state index in [0.29, 0.717) is 37.0 Å². The Labute approximate surface area is 187 Å². The van der Waals surface area contributed by atoms with E-state index in [1.54, 1.807) is 19.2 Å². The van der Waals surface area contributed by atoms with Gasteiger partial charge in [0.2, 0.25) is 0 Å². The summed E-state index contributed by atoms with van der Waals surface area (Å²) >= 11 is 0. The first kappa shape index (κ1) is 21.2. The van der Waals surface area contributed by atoms with Crippen LogP contribution in [0.25, 0.3) is 0 Å². The fourth-order valence-corrected chi connectivity index (χ4v) is 4.97. The molecule has 1 aromatic carbocycles. The first-order chi connectivity index (χ1) is 15.4. The highest BCUT2D eigenvalue weighted by Gasteiger charge is 2.47. The lowest BCUT2D eigenvalue weighted by atomic mass is 9.91. The van der Waals surface area contributed by atoms with Crippen molar-refractivity contribution in [1.29, 1.82) is 0 Å². The number of rotatable bonds is 8. The average Bonchev–Trinajstić information content (AvgIpc) is 3.17. The number of benzene rings is 1. The van der Waals surface area contributed by atoms with Crippen LogP contribution < -0.4 is 15.0 Å². The van der Waals surface area contributed by atoms with E-state index >= 15 is 0 Å². The van der Waals surface area contributed by atoms with E-state index in [2.05, 4.69) is 17.2 Å². The molecule has 0 spiro atoms. The number of nitrogens with zero attached hydrogens (tertiary/aromatic N) is 2. The minimum Gasteiger partial charge on any atom is -0.487 e. The van der Waals surface area contributed by atoms with Crippen molar-refractivity contribution in [1.82, 2.24) is 4.98 Å². The first-order valence-corrected chi connectivity index (χ1v) is 11.5. The minimum atomic E-state index is -0.476. The Morgan fingerprint density at radius 3 is 2.66 bits per heavy atom. The van der Waals surface area contributed by atoms with Crippen molar-refractivity contribution >= 4 is 17.6 Å². The van der Waals surface area contributed by atoms with Crippen molar-refractivity contribution < 1.29 is 23.1 Å². The summed E-state index contributed by atoms with van der Waals surface area (Å²) in [6.07, 6.45) is 4.83. The molecule has 3 aliphatic rings. The first-order valence-electron chi connectivity index (χ1n) is 11.5. The predicted molar refractivity (Wildman–Crippen MR) is 118 cm³/mol. The zero-order chi connectivity index (χ0) is 22.5. The van der Waals surface area contributed by atoms with E-state index in [4.69, 9.17) is 13.9 Å². The van der Waals surface area contributed by atoms with Crippen LogP contribution in [0.1, 0.15) is 55.8 Å². The van der Waals surface area contributed by atoms with Gasteiger partial charge in [-0.3, -0.25) is 4.79 Å². The van der Waals surface area contributed by atoms with Gasteiger partial charge >= 0.3 is 0 Å². The number of hydrogen-bond acceptors (Lipinski definition) is 6. The fraction of sp³-hybridized carbons (Fsp3) is 0.583. The molecule has 1 saturated heterocycles. The average molecular weight is 444 g/mol. The van der Waals surface area contributed by atoms with Gasteiger partial charge in [0.1, 0.15) is 11.4 Å². The van der Waals surface area contributed by atoms with Gasteiger partial charge in [-0.15, -0.1) is 0 Å². The Morgan fingerprint density at radius 1 is 1.28 bits per heavy atom. The molecule has 5 rings (SSSR count). The van der Waals surface area contributed by atoms with Crippen LogP contribution in [0.2, 0.25) is 0 Å². The van der Waals surface area contributed by atoms with Gasteiger partial charge in [0.25, 0.3) is 11.9 Å². The van der Waals surface area contributed by atoms with Crippen molar-refractivity contribution in [3.8, 4) is 5.75 Å². The molecule has 8 heteroatoms. The molecule has 2 unspecified atom stereocenters. The van der Waals surface area contributed by atoms with Crippen LogP contribution >= 0.6 is 0 Å². The molecule has 1 aromatic heterocycles. The van der Waals surface area contributed by atoms with Gasteiger partial charge in [-0.05, 0) is 49.7 Å². The molecule has 1 N–H and O–H groups in total. The lowest BCUT2D eigenvalue weighted by Crippen LogP contribution is -2.62. The summed E-state index contributed by atoms with van der Waals surface area (Å²) in [6.45, 7) is 5.32. The maximum absolute atomic E-state index is 14.6. The molecule has 7 nitrogen and oxygen atoms in total. The highest BCUT2D eigenvalue weighted by Crippen LogP contribution is 2.52. The summed E-state index contributed by atoms with van der Waals surface area (Å²) in [6, 6.07) is 4.94. The highest BCUT2D eigenvalue weighted by molar-refractivity contribution is 6.03. The van der Waals surface area contributed by atoms with E-state index in [-0.39, 0.29) is 23.1 Å². The number of carbonyl (C=O) groups is 1. The van der Waals surface area contributed by atoms with E-state index in [0.717, 1.165) is 31.1 Å². The summed E-state index contributed by atoms with van der Waals surface area (Å²) < 4.78 is 31.9. The second kappa shape index (κ2) is 8.06. The number of nitrogens with one attached hydrogen (secondary N) is 1. The molecule has 0 bridgehead atoms. The number of methoxy groups -OCH3 is 1. The molecule has 2 atom stereocenters. The molecule has 2 saturated carbocycles. The fourth-order valence-electron chi connectivity index (χ4n) is 4.97. The van der Waals surface area contributed by atoms with Crippen molar-refractivity contribution in [3.63, 3.8) is 0 Å². The number of hydrogen-bond donors (Lipinski definition) is 1. The van der Waals surface area contributed by atoms with Crippen LogP contribution in [-0.2, 0) is 11.2 Å². The maximum atomic E-state index is 14.6. The molecule has 1 aliphatic heterocycles. The van der Waals surface area contributed by atoms with Gasteiger partial charge in [-0.2, -0.15) is 4.98 Å². The molecule has 3 fully saturated rings. The Hall–Kier alpha value is -2.61. The largest absolute Gasteiger partial charge is 0.487 e. The third-order valence-corrected chi connectivity index (χ3v) is 7.21. The number of amides is 1. The Morgan fingerprint density at radius 2 is 2.03 bits per heavy atom. The number of ether oxygens (including phenoxy) is 2. The molecule has 172 valence electrons. The van der Waals surface area contributed by atoms with Crippen molar-refractivity contribution in [3.05, 3.63) is 35.5 Å². The second-order valence-electron chi connectivity index (χ2n) is 9.28. The highest BCUT2D eigenvalue weighted by atomic mass is 19.1. The second-order valence-corrected chi connectivity index (χ2v) is 9.28. The zero-order valence-electron chi connectivity index (χ0n) is 18.8. The molecular weight excluding hydrogens is 413 g/mol. The third-order valence-electron chi connectivity index (χ3n) is 7.21. The summed E-state index contributed by atoms with van der Waals surface area (Å²) in [5.74, 6) is 1.38. The van der Waals surface area contributed by atoms with E-state index in [9.17, 15) is 9.18 Å². The van der Waals surface area contributed by atoms with Gasteiger partial charge in [-0.1, -0.05) is 13.8 Å². The monoisotopic (exact) mass is 443 g/mol. The number of anilines is 2. The van der Waals surface area contributed by atoms with Crippen LogP contribution in [0, 0.1) is 17.7 Å². The molecular formula is C24H30FN3O4. The van der Waals surface area contributed by atoms with Crippen LogP contribution in [-0.4, -0.2) is 42.8 Å². The molecule has 2 aliphatic carbocycles. The smallest absolute Gasteiger partial charge is 0.298 e. The van der Waals surface area contributed by atoms with Crippen LogP contribution in [0.15, 0.2) is 22.6 Å². The van der Waals surface area contributed by atoms with E-state index in [1.807, 2.05) is 11.8 Å². The molecule has 0 radical (unpaired) electrons. The number of aryl methyl sites for hydroxylation is 1. The lowest BCUT2D eigenvalue weighted by molar-refractivity contribution is -0.0379. The summed E-state index contributed by atoms with van der Waals surface area (Å²) in [4.78, 5) is 19.2. The topological polar surface area (TPSA) is 76.8 Å². The van der Waals surface area contributed by atoms with Gasteiger partial charge < -0.3 is 24.1 Å². The van der Waals surface area contributed by atoms with Gasteiger partial charge in [0, 0.05) is 25.3 Å². The van der Waals surface area contributed by atoms with Crippen LogP contribution in [0.4, 0.5) is 16.1 Å². The third kappa shape index (κ3) is 3.85. The van der Waals surface area contributed by atoms with Crippen molar-refractivity contribution in [2.24, 2.45) is 11.8 Å². The Bertz CT molecular complexity index is 1000. The standard InChI is InChI=1S/C24H30FN3O4/c1-4-19-21(27-23(32-19)28-12-24(5-2,13-28)30-3)22(29)26-16-6-7-20(18(25)11-16)31-17-9-14-8-15(14)10-17/h6-7,11,14-15,17H,4-5,8-10,12-13H2,1-3H3,(H,26,29). The number of carbonyl (C=O) groups excluding carboxylic acids is 1. The van der Waals surface area contributed by atoms with Gasteiger partial charge in [0.15, 0.2) is 17.3 Å². The predicted octanol–water partition coefficient (Wildman–Crippen LogP) is 4.42. The lowest BCUT2D eigenvalue weighted by Gasteiger charge is -2.47. The Balaban J connectivity index is 1.24. The SMILES string of the molecule is CCc1oc(N2CC(CC)(OC)C2)nc1C(=O)Nc1ccc(OC2CC3CC3C2)c(F)c1. The molecule has 2 aromatic rings.